The van der Waals surface area contributed by atoms with E-state index in [0.717, 1.165) is 56.5 Å². The molecule has 0 spiro atoms. The van der Waals surface area contributed by atoms with Crippen LogP contribution in [-0.4, -0.2) is 49.3 Å². The predicted molar refractivity (Wildman–Crippen MR) is 138 cm³/mol. The van der Waals surface area contributed by atoms with Gasteiger partial charge >= 0.3 is 0 Å². The smallest absolute Gasteiger partial charge is 0.119 e. The lowest BCUT2D eigenvalue weighted by Crippen LogP contribution is -2.46. The molecule has 0 bridgehead atoms. The lowest BCUT2D eigenvalue weighted by Gasteiger charge is -2.36. The number of ether oxygens (including phenoxy) is 1. The number of benzene rings is 3. The van der Waals surface area contributed by atoms with Crippen molar-refractivity contribution < 1.29 is 4.74 Å². The summed E-state index contributed by atoms with van der Waals surface area (Å²) < 4.78 is 7.90. The average Bonchev–Trinajstić information content (AvgIpc) is 3.20. The van der Waals surface area contributed by atoms with Gasteiger partial charge in [0.1, 0.15) is 5.75 Å². The van der Waals surface area contributed by atoms with Crippen molar-refractivity contribution >= 4 is 28.2 Å². The largest absolute Gasteiger partial charge is 0.497 e. The lowest BCUT2D eigenvalue weighted by atomic mass is 10.1. The molecule has 33 heavy (non-hydrogen) atoms. The molecule has 0 unspecified atom stereocenters. The van der Waals surface area contributed by atoms with Gasteiger partial charge in [0.2, 0.25) is 0 Å². The fraction of sp³-hybridized carbons (Fsp3) is 0.286. The molecule has 5 heteroatoms. The Hall–Kier alpha value is -2.95. The van der Waals surface area contributed by atoms with Crippen molar-refractivity contribution in [3.05, 3.63) is 95.1 Å². The van der Waals surface area contributed by atoms with Gasteiger partial charge in [0.05, 0.1) is 7.11 Å². The van der Waals surface area contributed by atoms with Crippen LogP contribution < -0.4 is 9.64 Å². The highest BCUT2D eigenvalue weighted by molar-refractivity contribution is 6.30. The van der Waals surface area contributed by atoms with E-state index in [0.29, 0.717) is 0 Å². The monoisotopic (exact) mass is 459 g/mol. The van der Waals surface area contributed by atoms with E-state index in [4.69, 9.17) is 16.3 Å². The second-order valence-electron chi connectivity index (χ2n) is 8.71. The van der Waals surface area contributed by atoms with Gasteiger partial charge in [0.15, 0.2) is 0 Å². The number of fused-ring (bicyclic) bond motifs is 1. The lowest BCUT2D eigenvalue weighted by molar-refractivity contribution is 0.261. The highest BCUT2D eigenvalue weighted by Gasteiger charge is 2.18. The summed E-state index contributed by atoms with van der Waals surface area (Å²) in [6.45, 7) is 6.19. The van der Waals surface area contributed by atoms with Crippen LogP contribution in [-0.2, 0) is 13.0 Å². The third-order valence-electron chi connectivity index (χ3n) is 6.63. The molecule has 0 radical (unpaired) electrons. The average molecular weight is 460 g/mol. The summed E-state index contributed by atoms with van der Waals surface area (Å²) in [4.78, 5) is 5.02. The number of hydrogen-bond acceptors (Lipinski definition) is 3. The molecular weight excluding hydrogens is 430 g/mol. The Morgan fingerprint density at radius 1 is 0.879 bits per heavy atom. The molecule has 4 nitrogen and oxygen atoms in total. The third-order valence-corrected chi connectivity index (χ3v) is 6.88. The van der Waals surface area contributed by atoms with Crippen molar-refractivity contribution in [2.75, 3.05) is 44.7 Å². The molecule has 1 saturated heterocycles. The minimum atomic E-state index is 0.792. The summed E-state index contributed by atoms with van der Waals surface area (Å²) in [5, 5.41) is 2.09. The van der Waals surface area contributed by atoms with Gasteiger partial charge in [-0.2, -0.15) is 0 Å². The zero-order valence-corrected chi connectivity index (χ0v) is 19.8. The van der Waals surface area contributed by atoms with Gasteiger partial charge in [-0.15, -0.1) is 0 Å². The molecule has 0 amide bonds. The predicted octanol–water partition coefficient (Wildman–Crippen LogP) is 5.72. The maximum atomic E-state index is 6.04. The first kappa shape index (κ1) is 21.9. The van der Waals surface area contributed by atoms with Gasteiger partial charge in [0, 0.05) is 67.1 Å². The molecular formula is C28H30ClN3O. The summed E-state index contributed by atoms with van der Waals surface area (Å²) in [6, 6.07) is 25.3. The molecule has 3 aromatic carbocycles. The molecule has 0 aliphatic carbocycles. The van der Waals surface area contributed by atoms with Crippen LogP contribution in [0, 0.1) is 0 Å². The summed E-state index contributed by atoms with van der Waals surface area (Å²) in [5.41, 5.74) is 5.23. The maximum Gasteiger partial charge on any atom is 0.119 e. The molecule has 2 heterocycles. The van der Waals surface area contributed by atoms with Crippen LogP contribution in [0.5, 0.6) is 5.75 Å². The minimum absolute atomic E-state index is 0.792. The topological polar surface area (TPSA) is 20.6 Å². The van der Waals surface area contributed by atoms with Crippen LogP contribution in [0.1, 0.15) is 11.1 Å². The summed E-state index contributed by atoms with van der Waals surface area (Å²) in [6.07, 6.45) is 3.37. The molecule has 1 aliphatic heterocycles. The van der Waals surface area contributed by atoms with E-state index >= 15 is 0 Å². The zero-order valence-electron chi connectivity index (χ0n) is 19.1. The number of hydrogen-bond donors (Lipinski definition) is 0. The number of rotatable bonds is 7. The number of methoxy groups -OCH3 is 1. The van der Waals surface area contributed by atoms with Crippen molar-refractivity contribution in [3.8, 4) is 5.75 Å². The van der Waals surface area contributed by atoms with Crippen molar-refractivity contribution in [1.29, 1.82) is 0 Å². The fourth-order valence-electron chi connectivity index (χ4n) is 4.75. The first-order chi connectivity index (χ1) is 16.2. The standard InChI is InChI=1S/C28H30ClN3O/c1-33-26-11-12-28-27(19-26)23(21-32(28)20-22-5-3-2-4-6-22)13-14-30-15-17-31(18-16-30)25-9-7-24(29)8-10-25/h2-12,19,21H,13-18,20H2,1H3. The Morgan fingerprint density at radius 3 is 2.36 bits per heavy atom. The molecule has 4 aromatic rings. The van der Waals surface area contributed by atoms with Crippen molar-refractivity contribution in [2.24, 2.45) is 0 Å². The van der Waals surface area contributed by atoms with Gasteiger partial charge in [-0.05, 0) is 60.0 Å². The summed E-state index contributed by atoms with van der Waals surface area (Å²) in [7, 11) is 1.74. The molecule has 1 aliphatic rings. The van der Waals surface area contributed by atoms with E-state index in [2.05, 4.69) is 81.2 Å². The van der Waals surface area contributed by atoms with E-state index in [-0.39, 0.29) is 0 Å². The Bertz CT molecular complexity index is 1200. The van der Waals surface area contributed by atoms with Gasteiger partial charge in [-0.3, -0.25) is 4.90 Å². The number of halogens is 1. The van der Waals surface area contributed by atoms with Crippen molar-refractivity contribution in [1.82, 2.24) is 9.47 Å². The SMILES string of the molecule is COc1ccc2c(c1)c(CCN1CCN(c3ccc(Cl)cc3)CC1)cn2Cc1ccccc1. The molecule has 0 atom stereocenters. The van der Waals surface area contributed by atoms with E-state index in [9.17, 15) is 0 Å². The fourth-order valence-corrected chi connectivity index (χ4v) is 4.87. The van der Waals surface area contributed by atoms with Gasteiger partial charge in [-0.1, -0.05) is 41.9 Å². The number of aromatic nitrogens is 1. The Labute approximate surface area is 200 Å². The molecule has 5 rings (SSSR count). The molecule has 1 fully saturated rings. The van der Waals surface area contributed by atoms with Crippen LogP contribution in [0.3, 0.4) is 0 Å². The van der Waals surface area contributed by atoms with Crippen molar-refractivity contribution in [2.45, 2.75) is 13.0 Å². The van der Waals surface area contributed by atoms with E-state index < -0.39 is 0 Å². The summed E-state index contributed by atoms with van der Waals surface area (Å²) in [5.74, 6) is 0.915. The van der Waals surface area contributed by atoms with Gasteiger partial charge in [-0.25, -0.2) is 0 Å². The van der Waals surface area contributed by atoms with E-state index in [1.807, 2.05) is 12.1 Å². The van der Waals surface area contributed by atoms with Crippen LogP contribution in [0.2, 0.25) is 5.02 Å². The molecule has 0 saturated carbocycles. The van der Waals surface area contributed by atoms with E-state index in [1.165, 1.54) is 27.7 Å². The summed E-state index contributed by atoms with van der Waals surface area (Å²) >= 11 is 6.04. The van der Waals surface area contributed by atoms with Gasteiger partial charge in [0.25, 0.3) is 0 Å². The van der Waals surface area contributed by atoms with Crippen LogP contribution in [0.4, 0.5) is 5.69 Å². The highest BCUT2D eigenvalue weighted by atomic mass is 35.5. The van der Waals surface area contributed by atoms with Crippen molar-refractivity contribution in [3.63, 3.8) is 0 Å². The quantitative estimate of drug-likeness (QED) is 0.353. The number of nitrogens with zero attached hydrogens (tertiary/aromatic N) is 3. The van der Waals surface area contributed by atoms with Gasteiger partial charge < -0.3 is 14.2 Å². The number of piperazine rings is 1. The van der Waals surface area contributed by atoms with Crippen LogP contribution in [0.25, 0.3) is 10.9 Å². The normalized spacial score (nSPS) is 14.7. The highest BCUT2D eigenvalue weighted by Crippen LogP contribution is 2.28. The molecule has 1 aromatic heterocycles. The molecule has 0 N–H and O–H groups in total. The Kier molecular flexibility index (Phi) is 6.56. The first-order valence-corrected chi connectivity index (χ1v) is 12.0. The van der Waals surface area contributed by atoms with Crippen LogP contribution >= 0.6 is 11.6 Å². The van der Waals surface area contributed by atoms with Crippen LogP contribution in [0.15, 0.2) is 79.0 Å². The second-order valence-corrected chi connectivity index (χ2v) is 9.14. The minimum Gasteiger partial charge on any atom is -0.497 e. The zero-order chi connectivity index (χ0) is 22.6. The van der Waals surface area contributed by atoms with E-state index in [1.54, 1.807) is 7.11 Å². The Balaban J connectivity index is 1.28. The Morgan fingerprint density at radius 2 is 1.64 bits per heavy atom. The second kappa shape index (κ2) is 9.90. The maximum absolute atomic E-state index is 6.04. The number of anilines is 1. The third kappa shape index (κ3) is 5.02. The molecule has 170 valence electrons. The first-order valence-electron chi connectivity index (χ1n) is 11.6.